The smallest absolute Gasteiger partial charge is 0.258 e. The van der Waals surface area contributed by atoms with Gasteiger partial charge in [-0.15, -0.1) is 0 Å². The first-order valence-corrected chi connectivity index (χ1v) is 17.4. The summed E-state index contributed by atoms with van der Waals surface area (Å²) in [6, 6.07) is 41.1. The molecular formula is C44H38N2O2. The summed E-state index contributed by atoms with van der Waals surface area (Å²) in [7, 11) is 0. The van der Waals surface area contributed by atoms with E-state index in [0.717, 1.165) is 72.1 Å². The van der Waals surface area contributed by atoms with Crippen LogP contribution < -0.4 is 0 Å². The molecule has 0 N–H and O–H groups in total. The first-order valence-electron chi connectivity index (χ1n) is 17.4. The molecule has 2 heterocycles. The van der Waals surface area contributed by atoms with Crippen LogP contribution in [0.4, 0.5) is 0 Å². The Labute approximate surface area is 281 Å². The van der Waals surface area contributed by atoms with Gasteiger partial charge in [0.05, 0.1) is 12.1 Å². The SMILES string of the molecule is O=C(c1c(C2CCc3c(ccc4c3ccc3ccccc34)C2)ccc2ccccc12)N1CCC(C2=NCCO2)CC1=Cc1ccccc1. The molecule has 1 amide bonds. The van der Waals surface area contributed by atoms with E-state index in [1.165, 1.54) is 38.2 Å². The molecule has 3 aliphatic rings. The molecule has 1 saturated heterocycles. The zero-order chi connectivity index (χ0) is 32.0. The maximum Gasteiger partial charge on any atom is 0.258 e. The molecule has 4 nitrogen and oxygen atoms in total. The zero-order valence-electron chi connectivity index (χ0n) is 27.1. The van der Waals surface area contributed by atoms with Crippen LogP contribution in [0.15, 0.2) is 126 Å². The summed E-state index contributed by atoms with van der Waals surface area (Å²) in [5.41, 5.74) is 7.04. The summed E-state index contributed by atoms with van der Waals surface area (Å²) in [6.07, 6.45) is 6.72. The highest BCUT2D eigenvalue weighted by atomic mass is 16.5. The standard InChI is InChI=1S/C44H38N2O2/c47-44(46-24-22-34(43-45-23-25-48-43)28-35(46)26-29-8-2-1-3-9-29)42-38-13-7-5-11-31(38)14-19-39(42)33-16-18-37-32(27-33)17-21-40-36-12-6-4-10-30(36)15-20-41(37)40/h1-15,17,19-21,26,33-34H,16,18,22-25,27-28H2. The highest BCUT2D eigenvalue weighted by Crippen LogP contribution is 2.41. The number of carbonyl (C=O) groups is 1. The van der Waals surface area contributed by atoms with Crippen molar-refractivity contribution in [2.24, 2.45) is 10.9 Å². The highest BCUT2D eigenvalue weighted by molar-refractivity contribution is 6.10. The van der Waals surface area contributed by atoms with E-state index in [1.54, 1.807) is 0 Å². The van der Waals surface area contributed by atoms with Crippen molar-refractivity contribution >= 4 is 50.2 Å². The number of allylic oxidation sites excluding steroid dienone is 1. The molecule has 1 fully saturated rings. The maximum atomic E-state index is 15.1. The highest BCUT2D eigenvalue weighted by Gasteiger charge is 2.35. The molecule has 0 saturated carbocycles. The lowest BCUT2D eigenvalue weighted by Crippen LogP contribution is -2.39. The van der Waals surface area contributed by atoms with Gasteiger partial charge in [0.2, 0.25) is 0 Å². The molecule has 4 heteroatoms. The van der Waals surface area contributed by atoms with Crippen LogP contribution in [0.5, 0.6) is 0 Å². The predicted molar refractivity (Wildman–Crippen MR) is 197 cm³/mol. The Morgan fingerprint density at radius 2 is 1.46 bits per heavy atom. The second kappa shape index (κ2) is 12.1. The molecule has 2 atom stereocenters. The van der Waals surface area contributed by atoms with E-state index in [4.69, 9.17) is 4.74 Å². The van der Waals surface area contributed by atoms with Crippen molar-refractivity contribution in [2.75, 3.05) is 19.7 Å². The molecule has 0 spiro atoms. The van der Waals surface area contributed by atoms with Gasteiger partial charge in [0.25, 0.3) is 5.91 Å². The number of ether oxygens (including phenoxy) is 1. The third-order valence-electron chi connectivity index (χ3n) is 10.8. The Hall–Kier alpha value is -5.22. The van der Waals surface area contributed by atoms with Crippen LogP contribution in [0.3, 0.4) is 0 Å². The van der Waals surface area contributed by atoms with Gasteiger partial charge in [0.15, 0.2) is 5.90 Å². The van der Waals surface area contributed by atoms with Gasteiger partial charge in [-0.25, -0.2) is 0 Å². The van der Waals surface area contributed by atoms with Gasteiger partial charge in [-0.05, 0) is 98.7 Å². The quantitative estimate of drug-likeness (QED) is 0.183. The fraction of sp³-hybridized carbons (Fsp3) is 0.227. The lowest BCUT2D eigenvalue weighted by Gasteiger charge is -2.36. The number of aryl methyl sites for hydroxylation is 1. The van der Waals surface area contributed by atoms with Gasteiger partial charge < -0.3 is 9.64 Å². The normalized spacial score (nSPS) is 20.2. The summed E-state index contributed by atoms with van der Waals surface area (Å²) in [4.78, 5) is 21.8. The lowest BCUT2D eigenvalue weighted by molar-refractivity contribution is 0.0772. The minimum Gasteiger partial charge on any atom is -0.479 e. The molecule has 0 aromatic heterocycles. The van der Waals surface area contributed by atoms with E-state index in [-0.39, 0.29) is 17.7 Å². The number of hydrogen-bond donors (Lipinski definition) is 0. The van der Waals surface area contributed by atoms with Gasteiger partial charge in [0, 0.05) is 18.2 Å². The van der Waals surface area contributed by atoms with Crippen LogP contribution in [0.25, 0.3) is 38.4 Å². The Balaban J connectivity index is 1.11. The molecular weight excluding hydrogens is 588 g/mol. The first-order chi connectivity index (χ1) is 23.7. The number of likely N-dealkylation sites (tertiary alicyclic amines) is 1. The van der Waals surface area contributed by atoms with Crippen molar-refractivity contribution in [3.8, 4) is 0 Å². The molecule has 0 bridgehead atoms. The Morgan fingerprint density at radius 3 is 2.29 bits per heavy atom. The average molecular weight is 627 g/mol. The summed E-state index contributed by atoms with van der Waals surface area (Å²) in [5.74, 6) is 1.42. The van der Waals surface area contributed by atoms with Crippen LogP contribution in [-0.2, 0) is 17.6 Å². The number of benzene rings is 6. The molecule has 236 valence electrons. The number of piperidine rings is 1. The lowest BCUT2D eigenvalue weighted by atomic mass is 9.76. The van der Waals surface area contributed by atoms with Crippen molar-refractivity contribution in [3.63, 3.8) is 0 Å². The third-order valence-corrected chi connectivity index (χ3v) is 10.8. The number of aliphatic imine (C=N–C) groups is 1. The zero-order valence-corrected chi connectivity index (χ0v) is 27.1. The minimum absolute atomic E-state index is 0.104. The molecule has 6 aromatic rings. The minimum atomic E-state index is 0.104. The number of fused-ring (bicyclic) bond motifs is 6. The van der Waals surface area contributed by atoms with E-state index in [0.29, 0.717) is 13.2 Å². The maximum absolute atomic E-state index is 15.1. The van der Waals surface area contributed by atoms with Crippen molar-refractivity contribution in [3.05, 3.63) is 149 Å². The number of nitrogens with zero attached hydrogens (tertiary/aromatic N) is 2. The number of amides is 1. The first kappa shape index (κ1) is 29.0. The molecule has 2 unspecified atom stereocenters. The van der Waals surface area contributed by atoms with Crippen molar-refractivity contribution in [2.45, 2.75) is 38.0 Å². The van der Waals surface area contributed by atoms with Crippen LogP contribution in [-0.4, -0.2) is 36.4 Å². The van der Waals surface area contributed by atoms with Crippen LogP contribution in [0.1, 0.15) is 57.8 Å². The van der Waals surface area contributed by atoms with Gasteiger partial charge in [-0.2, -0.15) is 0 Å². The summed E-state index contributed by atoms with van der Waals surface area (Å²) in [6.45, 7) is 2.02. The largest absolute Gasteiger partial charge is 0.479 e. The summed E-state index contributed by atoms with van der Waals surface area (Å²) >= 11 is 0. The van der Waals surface area contributed by atoms with E-state index < -0.39 is 0 Å². The Bertz CT molecular complexity index is 2270. The van der Waals surface area contributed by atoms with Crippen LogP contribution in [0.2, 0.25) is 0 Å². The van der Waals surface area contributed by atoms with Gasteiger partial charge in [-0.3, -0.25) is 9.79 Å². The molecule has 9 rings (SSSR count). The van der Waals surface area contributed by atoms with E-state index >= 15 is 4.79 Å². The number of hydrogen-bond acceptors (Lipinski definition) is 3. The monoisotopic (exact) mass is 626 g/mol. The van der Waals surface area contributed by atoms with Crippen molar-refractivity contribution < 1.29 is 9.53 Å². The average Bonchev–Trinajstić information content (AvgIpc) is 3.69. The molecule has 2 aliphatic heterocycles. The summed E-state index contributed by atoms with van der Waals surface area (Å²) < 4.78 is 5.92. The van der Waals surface area contributed by atoms with Crippen LogP contribution >= 0.6 is 0 Å². The molecule has 6 aromatic carbocycles. The van der Waals surface area contributed by atoms with E-state index in [9.17, 15) is 0 Å². The second-order valence-corrected chi connectivity index (χ2v) is 13.5. The van der Waals surface area contributed by atoms with Crippen LogP contribution in [0, 0.1) is 5.92 Å². The molecule has 48 heavy (non-hydrogen) atoms. The van der Waals surface area contributed by atoms with Gasteiger partial charge >= 0.3 is 0 Å². The van der Waals surface area contributed by atoms with Gasteiger partial charge in [-0.1, -0.05) is 115 Å². The van der Waals surface area contributed by atoms with Crippen molar-refractivity contribution in [1.29, 1.82) is 0 Å². The fourth-order valence-electron chi connectivity index (χ4n) is 8.45. The Kier molecular flexibility index (Phi) is 7.30. The number of carbonyl (C=O) groups excluding carboxylic acids is 1. The summed E-state index contributed by atoms with van der Waals surface area (Å²) in [5, 5.41) is 7.45. The molecule has 0 radical (unpaired) electrons. The third kappa shape index (κ3) is 5.07. The fourth-order valence-corrected chi connectivity index (χ4v) is 8.45. The molecule has 1 aliphatic carbocycles. The predicted octanol–water partition coefficient (Wildman–Crippen LogP) is 9.74. The van der Waals surface area contributed by atoms with E-state index in [1.807, 2.05) is 6.07 Å². The van der Waals surface area contributed by atoms with E-state index in [2.05, 4.69) is 125 Å². The van der Waals surface area contributed by atoms with Crippen molar-refractivity contribution in [1.82, 2.24) is 4.90 Å². The van der Waals surface area contributed by atoms with Gasteiger partial charge in [0.1, 0.15) is 6.61 Å². The topological polar surface area (TPSA) is 41.9 Å². The Morgan fingerprint density at radius 1 is 0.708 bits per heavy atom. The second-order valence-electron chi connectivity index (χ2n) is 13.5. The number of rotatable bonds is 4.